The summed E-state index contributed by atoms with van der Waals surface area (Å²) in [6.45, 7) is 19.1. The quantitative estimate of drug-likeness (QED) is 0.519. The van der Waals surface area contributed by atoms with Crippen LogP contribution in [0, 0.1) is 0 Å². The lowest BCUT2D eigenvalue weighted by Gasteiger charge is -2.44. The second-order valence-electron chi connectivity index (χ2n) is 8.94. The fourth-order valence-electron chi connectivity index (χ4n) is 3.80. The van der Waals surface area contributed by atoms with Crippen molar-refractivity contribution in [1.82, 2.24) is 0 Å². The van der Waals surface area contributed by atoms with Crippen molar-refractivity contribution >= 4 is 13.2 Å². The maximum Gasteiger partial charge on any atom is -0.0104 e. The summed E-state index contributed by atoms with van der Waals surface area (Å²) in [5.74, 6) is 0.540. The number of hydrogen-bond acceptors (Lipinski definition) is 0. The molecular weight excluding hydrogens is 307 g/mol. The fourth-order valence-corrected chi connectivity index (χ4v) is 8.19. The maximum absolute atomic E-state index is 2.41. The lowest BCUT2D eigenvalue weighted by atomic mass is 9.97. The monoisotopic (exact) mass is 340 g/mol. The molecule has 130 valence electrons. The smallest absolute Gasteiger partial charge is 0.0104 e. The summed E-state index contributed by atoms with van der Waals surface area (Å²) in [5, 5.41) is 2.14. The molecule has 0 aliphatic rings. The summed E-state index contributed by atoms with van der Waals surface area (Å²) < 4.78 is 0. The van der Waals surface area contributed by atoms with Crippen molar-refractivity contribution < 1.29 is 0 Å². The van der Waals surface area contributed by atoms with Gasteiger partial charge in [0.25, 0.3) is 0 Å². The van der Waals surface area contributed by atoms with E-state index in [0.717, 1.165) is 0 Å². The van der Waals surface area contributed by atoms with Crippen molar-refractivity contribution in [3.05, 3.63) is 54.1 Å². The van der Waals surface area contributed by atoms with Gasteiger partial charge in [0.05, 0.1) is 0 Å². The summed E-state index contributed by atoms with van der Waals surface area (Å²) in [5.41, 5.74) is 4.29. The molecule has 0 aliphatic carbocycles. The fraction of sp³-hybridized carbons (Fsp3) is 0.478. The van der Waals surface area contributed by atoms with Crippen LogP contribution >= 0.6 is 7.92 Å². The third-order valence-corrected chi connectivity index (χ3v) is 7.97. The Hall–Kier alpha value is -1.13. The largest absolute Gasteiger partial charge is 0.0633 e. The van der Waals surface area contributed by atoms with E-state index < -0.39 is 0 Å². The van der Waals surface area contributed by atoms with Gasteiger partial charge in [-0.15, -0.1) is 0 Å². The average molecular weight is 340 g/mol. The Morgan fingerprint density at radius 1 is 0.708 bits per heavy atom. The predicted molar refractivity (Wildman–Crippen MR) is 112 cm³/mol. The van der Waals surface area contributed by atoms with Crippen LogP contribution in [0.4, 0.5) is 0 Å². The summed E-state index contributed by atoms with van der Waals surface area (Å²) >= 11 is 0. The molecule has 0 saturated carbocycles. The van der Waals surface area contributed by atoms with E-state index in [1.165, 1.54) is 16.7 Å². The molecule has 0 bridgehead atoms. The molecule has 2 aromatic rings. The van der Waals surface area contributed by atoms with Crippen LogP contribution in [-0.2, 0) is 0 Å². The molecule has 0 atom stereocenters. The number of hydrogen-bond donors (Lipinski definition) is 0. The van der Waals surface area contributed by atoms with E-state index in [-0.39, 0.29) is 18.2 Å². The zero-order valence-electron chi connectivity index (χ0n) is 16.6. The van der Waals surface area contributed by atoms with Crippen LogP contribution in [0.25, 0.3) is 11.1 Å². The van der Waals surface area contributed by atoms with Gasteiger partial charge in [0.15, 0.2) is 0 Å². The van der Waals surface area contributed by atoms with Gasteiger partial charge in [-0.1, -0.05) is 112 Å². The Morgan fingerprint density at radius 2 is 1.25 bits per heavy atom. The van der Waals surface area contributed by atoms with Gasteiger partial charge in [-0.2, -0.15) is 0 Å². The van der Waals surface area contributed by atoms with Crippen LogP contribution in [-0.4, -0.2) is 10.3 Å². The van der Waals surface area contributed by atoms with Crippen molar-refractivity contribution in [2.45, 2.75) is 71.6 Å². The van der Waals surface area contributed by atoms with E-state index >= 15 is 0 Å². The Labute approximate surface area is 150 Å². The highest BCUT2D eigenvalue weighted by Crippen LogP contribution is 2.60. The minimum absolute atomic E-state index is 0.266. The molecule has 0 saturated heterocycles. The molecular formula is C23H33P. The van der Waals surface area contributed by atoms with Crippen molar-refractivity contribution in [1.29, 1.82) is 0 Å². The van der Waals surface area contributed by atoms with Gasteiger partial charge < -0.3 is 0 Å². The second-order valence-corrected chi connectivity index (χ2v) is 12.7. The molecule has 0 amide bonds. The molecule has 0 nitrogen and oxygen atoms in total. The first-order valence-corrected chi connectivity index (χ1v) is 10.4. The van der Waals surface area contributed by atoms with E-state index in [1.807, 2.05) is 0 Å². The van der Waals surface area contributed by atoms with Crippen molar-refractivity contribution in [3.63, 3.8) is 0 Å². The second kappa shape index (κ2) is 7.01. The summed E-state index contributed by atoms with van der Waals surface area (Å²) in [7, 11) is -0.336. The van der Waals surface area contributed by atoms with Crippen LogP contribution in [0.5, 0.6) is 0 Å². The normalized spacial score (nSPS) is 12.9. The topological polar surface area (TPSA) is 0 Å². The highest BCUT2D eigenvalue weighted by atomic mass is 31.1. The van der Waals surface area contributed by atoms with Crippen molar-refractivity contribution in [3.8, 4) is 11.1 Å². The number of benzene rings is 2. The Bertz CT molecular complexity index is 655. The molecule has 0 spiro atoms. The van der Waals surface area contributed by atoms with Crippen LogP contribution < -0.4 is 5.30 Å². The van der Waals surface area contributed by atoms with Crippen molar-refractivity contribution in [2.24, 2.45) is 0 Å². The summed E-state index contributed by atoms with van der Waals surface area (Å²) in [4.78, 5) is 0. The lowest BCUT2D eigenvalue weighted by molar-refractivity contribution is 0.713. The van der Waals surface area contributed by atoms with Crippen LogP contribution in [0.15, 0.2) is 48.5 Å². The molecule has 0 heterocycles. The SMILES string of the molecule is CC(C)c1cccc(-c2ccccc2)c1P(C(C)(C)C)C(C)(C)C. The first-order chi connectivity index (χ1) is 11.0. The highest BCUT2D eigenvalue weighted by Gasteiger charge is 2.38. The van der Waals surface area contributed by atoms with Crippen LogP contribution in [0.3, 0.4) is 0 Å². The van der Waals surface area contributed by atoms with Gasteiger partial charge in [0, 0.05) is 0 Å². The molecule has 2 aromatic carbocycles. The van der Waals surface area contributed by atoms with Gasteiger partial charge in [0.1, 0.15) is 0 Å². The van der Waals surface area contributed by atoms with E-state index in [4.69, 9.17) is 0 Å². The molecule has 2 rings (SSSR count). The maximum atomic E-state index is 2.41. The first-order valence-electron chi connectivity index (χ1n) is 9.02. The molecule has 24 heavy (non-hydrogen) atoms. The molecule has 0 unspecified atom stereocenters. The Kier molecular flexibility index (Phi) is 5.61. The van der Waals surface area contributed by atoms with Gasteiger partial charge in [-0.05, 0) is 38.2 Å². The van der Waals surface area contributed by atoms with Crippen LogP contribution in [0.1, 0.15) is 66.9 Å². The molecule has 0 fully saturated rings. The molecule has 0 radical (unpaired) electrons. The Balaban J connectivity index is 2.83. The molecule has 0 aliphatic heterocycles. The molecule has 0 aromatic heterocycles. The van der Waals surface area contributed by atoms with E-state index in [2.05, 4.69) is 104 Å². The lowest BCUT2D eigenvalue weighted by Crippen LogP contribution is -2.33. The zero-order valence-corrected chi connectivity index (χ0v) is 17.5. The van der Waals surface area contributed by atoms with Gasteiger partial charge in [-0.25, -0.2) is 0 Å². The van der Waals surface area contributed by atoms with Gasteiger partial charge in [0.2, 0.25) is 0 Å². The third-order valence-electron chi connectivity index (χ3n) is 4.34. The summed E-state index contributed by atoms with van der Waals surface area (Å²) in [6, 6.07) is 17.8. The standard InChI is InChI=1S/C23H33P/c1-17(2)19-15-12-16-20(18-13-10-9-11-14-18)21(19)24(22(3,4)5)23(6,7)8/h9-17H,1-8H3. The minimum Gasteiger partial charge on any atom is -0.0633 e. The average Bonchev–Trinajstić information content (AvgIpc) is 2.45. The van der Waals surface area contributed by atoms with E-state index in [9.17, 15) is 0 Å². The molecule has 1 heteroatoms. The van der Waals surface area contributed by atoms with Gasteiger partial charge >= 0.3 is 0 Å². The van der Waals surface area contributed by atoms with Gasteiger partial charge in [-0.3, -0.25) is 0 Å². The predicted octanol–water partition coefficient (Wildman–Crippen LogP) is 7.18. The molecule has 0 N–H and O–H groups in total. The van der Waals surface area contributed by atoms with Crippen molar-refractivity contribution in [2.75, 3.05) is 0 Å². The zero-order chi connectivity index (χ0) is 18.1. The van der Waals surface area contributed by atoms with E-state index in [0.29, 0.717) is 5.92 Å². The Morgan fingerprint density at radius 3 is 1.71 bits per heavy atom. The minimum atomic E-state index is -0.336. The highest BCUT2D eigenvalue weighted by molar-refractivity contribution is 7.69. The van der Waals surface area contributed by atoms with E-state index in [1.54, 1.807) is 5.30 Å². The third kappa shape index (κ3) is 4.09. The van der Waals surface area contributed by atoms with Crippen LogP contribution in [0.2, 0.25) is 0 Å². The summed E-state index contributed by atoms with van der Waals surface area (Å²) in [6.07, 6.45) is 0. The first kappa shape index (κ1) is 19.2. The number of rotatable bonds is 3.